The Morgan fingerprint density at radius 3 is 2.57 bits per heavy atom. The number of nitrogens with two attached hydrogens (primary N) is 1. The van der Waals surface area contributed by atoms with Crippen LogP contribution in [0.4, 0.5) is 0 Å². The summed E-state index contributed by atoms with van der Waals surface area (Å²) in [5, 5.41) is 7.96. The van der Waals surface area contributed by atoms with Gasteiger partial charge < -0.3 is 5.73 Å². The van der Waals surface area contributed by atoms with Crippen LogP contribution in [0, 0.1) is 0 Å². The van der Waals surface area contributed by atoms with Gasteiger partial charge in [-0.3, -0.25) is 5.10 Å². The van der Waals surface area contributed by atoms with Crippen molar-refractivity contribution >= 4 is 11.6 Å². The molecule has 3 N–H and O–H groups in total. The van der Waals surface area contributed by atoms with Crippen LogP contribution >= 0.6 is 11.6 Å². The van der Waals surface area contributed by atoms with Crippen LogP contribution in [0.3, 0.4) is 0 Å². The fraction of sp³-hybridized carbons (Fsp3) is 0.125. The normalized spacial score (nSPS) is 10.8. The molecule has 1 heterocycles. The quantitative estimate of drug-likeness (QED) is 0.777. The fourth-order valence-electron chi connectivity index (χ4n) is 2.13. The first kappa shape index (κ1) is 13.8. The van der Waals surface area contributed by atoms with Gasteiger partial charge in [0.25, 0.3) is 0 Å². The average molecular weight is 299 g/mol. The number of halogens is 1. The van der Waals surface area contributed by atoms with E-state index in [-0.39, 0.29) is 0 Å². The first-order chi connectivity index (χ1) is 10.2. The SMILES string of the molecule is NCc1ccc(-c2n[nH]c(Cc3cccc(Cl)c3)n2)cc1. The topological polar surface area (TPSA) is 67.6 Å². The second-order valence-electron chi connectivity index (χ2n) is 4.81. The lowest BCUT2D eigenvalue weighted by molar-refractivity contribution is 0.973. The summed E-state index contributed by atoms with van der Waals surface area (Å²) in [5.74, 6) is 1.51. The predicted molar refractivity (Wildman–Crippen MR) is 84.0 cm³/mol. The number of H-pyrrole nitrogens is 1. The van der Waals surface area contributed by atoms with Gasteiger partial charge in [0.15, 0.2) is 5.82 Å². The minimum Gasteiger partial charge on any atom is -0.326 e. The molecule has 0 aliphatic carbocycles. The van der Waals surface area contributed by atoms with E-state index in [0.717, 1.165) is 27.5 Å². The molecule has 0 radical (unpaired) electrons. The minimum atomic E-state index is 0.536. The zero-order valence-electron chi connectivity index (χ0n) is 11.4. The Labute approximate surface area is 128 Å². The van der Waals surface area contributed by atoms with Crippen LogP contribution in [0.2, 0.25) is 5.02 Å². The van der Waals surface area contributed by atoms with E-state index in [1.54, 1.807) is 0 Å². The van der Waals surface area contributed by atoms with Crippen molar-refractivity contribution in [3.8, 4) is 11.4 Å². The second kappa shape index (κ2) is 6.08. The van der Waals surface area contributed by atoms with Crippen LogP contribution in [-0.2, 0) is 13.0 Å². The maximum atomic E-state index is 5.98. The Bertz CT molecular complexity index is 734. The molecule has 5 heteroatoms. The van der Waals surface area contributed by atoms with Gasteiger partial charge in [0.2, 0.25) is 0 Å². The molecule has 106 valence electrons. The third kappa shape index (κ3) is 3.29. The molecule has 3 rings (SSSR count). The van der Waals surface area contributed by atoms with E-state index in [2.05, 4.69) is 15.2 Å². The smallest absolute Gasteiger partial charge is 0.181 e. The molecule has 0 spiro atoms. The molecular weight excluding hydrogens is 284 g/mol. The van der Waals surface area contributed by atoms with Gasteiger partial charge in [-0.2, -0.15) is 5.10 Å². The van der Waals surface area contributed by atoms with Crippen LogP contribution in [0.1, 0.15) is 17.0 Å². The van der Waals surface area contributed by atoms with Gasteiger partial charge in [0, 0.05) is 23.6 Å². The highest BCUT2D eigenvalue weighted by molar-refractivity contribution is 6.30. The number of hydrogen-bond acceptors (Lipinski definition) is 3. The molecule has 2 aromatic carbocycles. The van der Waals surface area contributed by atoms with Crippen molar-refractivity contribution in [2.24, 2.45) is 5.73 Å². The Hall–Kier alpha value is -2.17. The Morgan fingerprint density at radius 1 is 1.05 bits per heavy atom. The molecule has 21 heavy (non-hydrogen) atoms. The largest absolute Gasteiger partial charge is 0.326 e. The van der Waals surface area contributed by atoms with E-state index < -0.39 is 0 Å². The van der Waals surface area contributed by atoms with Crippen LogP contribution in [0.25, 0.3) is 11.4 Å². The number of aromatic amines is 1. The fourth-order valence-corrected chi connectivity index (χ4v) is 2.35. The van der Waals surface area contributed by atoms with Crippen molar-refractivity contribution in [3.05, 3.63) is 70.5 Å². The Morgan fingerprint density at radius 2 is 1.86 bits per heavy atom. The number of rotatable bonds is 4. The summed E-state index contributed by atoms with van der Waals surface area (Å²) in [6.45, 7) is 0.536. The molecule has 0 bridgehead atoms. The molecule has 0 aliphatic rings. The van der Waals surface area contributed by atoms with Gasteiger partial charge in [-0.1, -0.05) is 48.0 Å². The second-order valence-corrected chi connectivity index (χ2v) is 5.25. The molecule has 0 unspecified atom stereocenters. The van der Waals surface area contributed by atoms with Gasteiger partial charge >= 0.3 is 0 Å². The third-order valence-electron chi connectivity index (χ3n) is 3.24. The van der Waals surface area contributed by atoms with Gasteiger partial charge in [-0.25, -0.2) is 4.98 Å². The number of nitrogens with one attached hydrogen (secondary N) is 1. The van der Waals surface area contributed by atoms with Crippen molar-refractivity contribution in [3.63, 3.8) is 0 Å². The molecule has 0 atom stereocenters. The molecule has 3 aromatic rings. The van der Waals surface area contributed by atoms with Crippen LogP contribution in [-0.4, -0.2) is 15.2 Å². The minimum absolute atomic E-state index is 0.536. The summed E-state index contributed by atoms with van der Waals surface area (Å²) in [5.41, 5.74) is 8.76. The lowest BCUT2D eigenvalue weighted by Gasteiger charge is -1.99. The average Bonchev–Trinajstić information content (AvgIpc) is 2.96. The zero-order valence-corrected chi connectivity index (χ0v) is 12.1. The predicted octanol–water partition coefficient (Wildman–Crippen LogP) is 3.17. The van der Waals surface area contributed by atoms with Crippen molar-refractivity contribution in [2.45, 2.75) is 13.0 Å². The Kier molecular flexibility index (Phi) is 3.99. The number of hydrogen-bond donors (Lipinski definition) is 2. The lowest BCUT2D eigenvalue weighted by Crippen LogP contribution is -1.95. The third-order valence-corrected chi connectivity index (χ3v) is 3.48. The van der Waals surface area contributed by atoms with E-state index in [9.17, 15) is 0 Å². The van der Waals surface area contributed by atoms with Crippen LogP contribution in [0.5, 0.6) is 0 Å². The molecule has 0 saturated carbocycles. The molecule has 0 amide bonds. The van der Waals surface area contributed by atoms with Crippen molar-refractivity contribution in [1.29, 1.82) is 0 Å². The van der Waals surface area contributed by atoms with E-state index in [0.29, 0.717) is 18.8 Å². The summed E-state index contributed by atoms with van der Waals surface area (Å²) in [7, 11) is 0. The van der Waals surface area contributed by atoms with Gasteiger partial charge in [0.05, 0.1) is 0 Å². The zero-order chi connectivity index (χ0) is 14.7. The van der Waals surface area contributed by atoms with Gasteiger partial charge in [0.1, 0.15) is 5.82 Å². The Balaban J connectivity index is 1.79. The molecule has 1 aromatic heterocycles. The van der Waals surface area contributed by atoms with Crippen molar-refractivity contribution in [2.75, 3.05) is 0 Å². The van der Waals surface area contributed by atoms with Crippen LogP contribution in [0.15, 0.2) is 48.5 Å². The standard InChI is InChI=1S/C16H15ClN4/c17-14-3-1-2-12(8-14)9-15-19-16(21-20-15)13-6-4-11(10-18)5-7-13/h1-8H,9-10,18H2,(H,19,20,21). The summed E-state index contributed by atoms with van der Waals surface area (Å²) in [4.78, 5) is 4.52. The van der Waals surface area contributed by atoms with E-state index in [4.69, 9.17) is 17.3 Å². The van der Waals surface area contributed by atoms with Gasteiger partial charge in [-0.05, 0) is 23.3 Å². The summed E-state index contributed by atoms with van der Waals surface area (Å²) in [6.07, 6.45) is 0.675. The number of benzene rings is 2. The maximum Gasteiger partial charge on any atom is 0.181 e. The summed E-state index contributed by atoms with van der Waals surface area (Å²) >= 11 is 5.98. The highest BCUT2D eigenvalue weighted by Gasteiger charge is 2.07. The van der Waals surface area contributed by atoms with E-state index >= 15 is 0 Å². The molecule has 4 nitrogen and oxygen atoms in total. The molecule has 0 fully saturated rings. The monoisotopic (exact) mass is 298 g/mol. The van der Waals surface area contributed by atoms with Crippen LogP contribution < -0.4 is 5.73 Å². The first-order valence-electron chi connectivity index (χ1n) is 6.70. The van der Waals surface area contributed by atoms with E-state index in [1.165, 1.54) is 0 Å². The highest BCUT2D eigenvalue weighted by atomic mass is 35.5. The van der Waals surface area contributed by atoms with Crippen molar-refractivity contribution < 1.29 is 0 Å². The van der Waals surface area contributed by atoms with Gasteiger partial charge in [-0.15, -0.1) is 0 Å². The van der Waals surface area contributed by atoms with Crippen molar-refractivity contribution in [1.82, 2.24) is 15.2 Å². The summed E-state index contributed by atoms with van der Waals surface area (Å²) in [6, 6.07) is 15.7. The molecular formula is C16H15ClN4. The summed E-state index contributed by atoms with van der Waals surface area (Å²) < 4.78 is 0. The molecule has 0 aliphatic heterocycles. The lowest BCUT2D eigenvalue weighted by atomic mass is 10.1. The molecule has 0 saturated heterocycles. The van der Waals surface area contributed by atoms with E-state index in [1.807, 2.05) is 48.5 Å². The number of nitrogens with zero attached hydrogens (tertiary/aromatic N) is 2. The number of aromatic nitrogens is 3. The maximum absolute atomic E-state index is 5.98. The highest BCUT2D eigenvalue weighted by Crippen LogP contribution is 2.17. The first-order valence-corrected chi connectivity index (χ1v) is 7.07.